The maximum absolute atomic E-state index is 14.4. The van der Waals surface area contributed by atoms with Crippen molar-refractivity contribution in [3.05, 3.63) is 66.2 Å². The maximum Gasteiger partial charge on any atom is 0.246 e. The van der Waals surface area contributed by atoms with E-state index in [-0.39, 0.29) is 36.9 Å². The van der Waals surface area contributed by atoms with Crippen LogP contribution in [0.5, 0.6) is 11.5 Å². The molecule has 9 atom stereocenters. The predicted molar refractivity (Wildman–Crippen MR) is 159 cm³/mol. The third-order valence-electron chi connectivity index (χ3n) is 10.2. The molecule has 2 aromatic carbocycles. The van der Waals surface area contributed by atoms with E-state index >= 15 is 0 Å². The molecule has 1 spiro atoms. The number of carbonyl (C=O) groups excluding carboxylic acids is 3. The zero-order valence-electron chi connectivity index (χ0n) is 24.8. The number of hydrogen-bond donors (Lipinski definition) is 2. The predicted octanol–water partition coefficient (Wildman–Crippen LogP) is 3.87. The summed E-state index contributed by atoms with van der Waals surface area (Å²) in [6, 6.07) is 14.0. The number of amides is 3. The lowest BCUT2D eigenvalue weighted by molar-refractivity contribution is -0.143. The molecule has 7 rings (SSSR count). The molecule has 2 bridgehead atoms. The molecule has 226 valence electrons. The van der Waals surface area contributed by atoms with Gasteiger partial charge in [-0.25, -0.2) is 0 Å². The monoisotopic (exact) mass is 585 g/mol. The lowest BCUT2D eigenvalue weighted by Crippen LogP contribution is -2.59. The summed E-state index contributed by atoms with van der Waals surface area (Å²) >= 11 is 0. The standard InChI is InChI=1S/C34H39N3O6/c1-19-8-6-10-22(16-19)35-31(38)28-27-14-15-34(43-27)29(28)33(40)37(17-23-18-41-25-12-4-5-13-26(25)42-23)30(34)32(39)36-24-11-7-9-20(2)21(24)3/h4-6,8,10,12-16,20-21,23-24,27-30H,7,9,11,17-18H2,1-3H3,(H,35,38)(H,36,39)/t20-,21+,23+,24+,27+,28-,29+,30+,34+/m0/s1. The van der Waals surface area contributed by atoms with Crippen molar-refractivity contribution in [1.29, 1.82) is 0 Å². The Hall–Kier alpha value is -3.85. The van der Waals surface area contributed by atoms with Gasteiger partial charge in [-0.05, 0) is 55.0 Å². The Kier molecular flexibility index (Phi) is 6.95. The lowest BCUT2D eigenvalue weighted by atomic mass is 9.73. The molecule has 5 aliphatic rings. The number of likely N-dealkylation sites (tertiary alicyclic amines) is 1. The molecule has 4 heterocycles. The molecule has 2 aromatic rings. The highest BCUT2D eigenvalue weighted by molar-refractivity contribution is 6.02. The number of benzene rings is 2. The van der Waals surface area contributed by atoms with Gasteiger partial charge < -0.3 is 29.7 Å². The number of ether oxygens (including phenoxy) is 3. The maximum atomic E-state index is 14.4. The van der Waals surface area contributed by atoms with Crippen LogP contribution in [0.4, 0.5) is 5.69 Å². The van der Waals surface area contributed by atoms with E-state index in [0.717, 1.165) is 24.8 Å². The highest BCUT2D eigenvalue weighted by Gasteiger charge is 2.73. The summed E-state index contributed by atoms with van der Waals surface area (Å²) in [5, 5.41) is 6.30. The van der Waals surface area contributed by atoms with Crippen LogP contribution < -0.4 is 20.1 Å². The second-order valence-corrected chi connectivity index (χ2v) is 12.9. The van der Waals surface area contributed by atoms with E-state index in [4.69, 9.17) is 14.2 Å². The molecule has 9 heteroatoms. The van der Waals surface area contributed by atoms with Crippen molar-refractivity contribution < 1.29 is 28.6 Å². The van der Waals surface area contributed by atoms with E-state index in [1.54, 1.807) is 4.90 Å². The van der Waals surface area contributed by atoms with Crippen LogP contribution in [0.15, 0.2) is 60.7 Å². The SMILES string of the molecule is Cc1cccc(NC(=O)[C@H]2[C@H]3C=C[C@@]4(O3)[C@H]2C(=O)N(C[C@@H]2COc3ccccc3O2)[C@@H]4C(=O)N[C@@H]2CCC[C@H](C)[C@H]2C)c1. The van der Waals surface area contributed by atoms with E-state index in [0.29, 0.717) is 29.0 Å². The van der Waals surface area contributed by atoms with Crippen molar-refractivity contribution >= 4 is 23.4 Å². The largest absolute Gasteiger partial charge is 0.486 e. The Balaban J connectivity index is 1.19. The number of nitrogens with one attached hydrogen (secondary N) is 2. The van der Waals surface area contributed by atoms with Gasteiger partial charge in [0.1, 0.15) is 18.2 Å². The van der Waals surface area contributed by atoms with Gasteiger partial charge in [-0.1, -0.05) is 63.1 Å². The summed E-state index contributed by atoms with van der Waals surface area (Å²) in [7, 11) is 0. The first kappa shape index (κ1) is 28.0. The Bertz CT molecular complexity index is 1480. The number of aryl methyl sites for hydroxylation is 1. The highest BCUT2D eigenvalue weighted by atomic mass is 16.6. The number of hydrogen-bond acceptors (Lipinski definition) is 6. The first-order valence-electron chi connectivity index (χ1n) is 15.5. The number of rotatable bonds is 6. The molecular weight excluding hydrogens is 546 g/mol. The van der Waals surface area contributed by atoms with Crippen LogP contribution in [0.3, 0.4) is 0 Å². The van der Waals surface area contributed by atoms with Gasteiger partial charge in [0.15, 0.2) is 17.6 Å². The van der Waals surface area contributed by atoms with Gasteiger partial charge in [-0.3, -0.25) is 14.4 Å². The molecule has 1 saturated carbocycles. The highest BCUT2D eigenvalue weighted by Crippen LogP contribution is 2.55. The van der Waals surface area contributed by atoms with Gasteiger partial charge in [-0.2, -0.15) is 0 Å². The normalized spacial score (nSPS) is 35.5. The van der Waals surface area contributed by atoms with Crippen LogP contribution in [0, 0.1) is 30.6 Å². The first-order valence-corrected chi connectivity index (χ1v) is 15.5. The number of para-hydroxylation sites is 2. The number of nitrogens with zero attached hydrogens (tertiary/aromatic N) is 1. The van der Waals surface area contributed by atoms with Crippen LogP contribution in [0.1, 0.15) is 38.7 Å². The molecule has 0 radical (unpaired) electrons. The summed E-state index contributed by atoms with van der Waals surface area (Å²) in [6.07, 6.45) is 5.69. The van der Waals surface area contributed by atoms with Gasteiger partial charge in [0.25, 0.3) is 0 Å². The zero-order valence-corrected chi connectivity index (χ0v) is 24.8. The minimum atomic E-state index is -1.24. The van der Waals surface area contributed by atoms with E-state index < -0.39 is 35.7 Å². The van der Waals surface area contributed by atoms with Gasteiger partial charge in [0, 0.05) is 11.7 Å². The minimum Gasteiger partial charge on any atom is -0.486 e. The van der Waals surface area contributed by atoms with Crippen molar-refractivity contribution in [3.63, 3.8) is 0 Å². The molecule has 0 aromatic heterocycles. The van der Waals surface area contributed by atoms with Gasteiger partial charge in [0.05, 0.1) is 24.5 Å². The topological polar surface area (TPSA) is 106 Å². The van der Waals surface area contributed by atoms with E-state index in [9.17, 15) is 14.4 Å². The fourth-order valence-corrected chi connectivity index (χ4v) is 7.83. The Labute approximate surface area is 251 Å². The van der Waals surface area contributed by atoms with Crippen molar-refractivity contribution in [2.24, 2.45) is 23.7 Å². The molecule has 4 aliphatic heterocycles. The first-order chi connectivity index (χ1) is 20.7. The third kappa shape index (κ3) is 4.69. The van der Waals surface area contributed by atoms with E-state index in [2.05, 4.69) is 24.5 Å². The average molecular weight is 586 g/mol. The van der Waals surface area contributed by atoms with Crippen LogP contribution in [-0.2, 0) is 19.1 Å². The Morgan fingerprint density at radius 2 is 1.86 bits per heavy atom. The van der Waals surface area contributed by atoms with E-state index in [1.165, 1.54) is 0 Å². The smallest absolute Gasteiger partial charge is 0.246 e. The van der Waals surface area contributed by atoms with Gasteiger partial charge in [-0.15, -0.1) is 0 Å². The molecule has 9 nitrogen and oxygen atoms in total. The molecule has 0 unspecified atom stereocenters. The zero-order chi connectivity index (χ0) is 29.9. The minimum absolute atomic E-state index is 0.00721. The molecule has 2 N–H and O–H groups in total. The number of fused-ring (bicyclic) bond motifs is 2. The molecule has 3 amide bonds. The Morgan fingerprint density at radius 1 is 1.05 bits per heavy atom. The lowest BCUT2D eigenvalue weighted by Gasteiger charge is -2.38. The fourth-order valence-electron chi connectivity index (χ4n) is 7.83. The van der Waals surface area contributed by atoms with Crippen LogP contribution in [0.25, 0.3) is 0 Å². The summed E-state index contributed by atoms with van der Waals surface area (Å²) in [4.78, 5) is 44.0. The summed E-state index contributed by atoms with van der Waals surface area (Å²) < 4.78 is 18.7. The average Bonchev–Trinajstić information content (AvgIpc) is 3.63. The molecule has 43 heavy (non-hydrogen) atoms. The number of carbonyl (C=O) groups is 3. The van der Waals surface area contributed by atoms with E-state index in [1.807, 2.05) is 67.6 Å². The van der Waals surface area contributed by atoms with Gasteiger partial charge in [0.2, 0.25) is 17.7 Å². The quantitative estimate of drug-likeness (QED) is 0.499. The molecule has 2 saturated heterocycles. The van der Waals surface area contributed by atoms with Crippen LogP contribution >= 0.6 is 0 Å². The summed E-state index contributed by atoms with van der Waals surface area (Å²) in [5.41, 5.74) is 0.437. The second-order valence-electron chi connectivity index (χ2n) is 12.9. The van der Waals surface area contributed by atoms with Crippen molar-refractivity contribution in [1.82, 2.24) is 10.2 Å². The Morgan fingerprint density at radius 3 is 2.67 bits per heavy atom. The van der Waals surface area contributed by atoms with Gasteiger partial charge >= 0.3 is 0 Å². The second kappa shape index (κ2) is 10.7. The number of anilines is 1. The molecular formula is C34H39N3O6. The van der Waals surface area contributed by atoms with Crippen molar-refractivity contribution in [2.45, 2.75) is 69.9 Å². The van der Waals surface area contributed by atoms with Crippen LogP contribution in [0.2, 0.25) is 0 Å². The molecule has 1 aliphatic carbocycles. The summed E-state index contributed by atoms with van der Waals surface area (Å²) in [6.45, 7) is 6.73. The fraction of sp³-hybridized carbons (Fsp3) is 0.500. The summed E-state index contributed by atoms with van der Waals surface area (Å²) in [5.74, 6) is -0.356. The third-order valence-corrected chi connectivity index (χ3v) is 10.2. The molecule has 3 fully saturated rings. The van der Waals surface area contributed by atoms with Crippen molar-refractivity contribution in [3.8, 4) is 11.5 Å². The van der Waals surface area contributed by atoms with Crippen LogP contribution in [-0.4, -0.2) is 65.7 Å². The van der Waals surface area contributed by atoms with Crippen molar-refractivity contribution in [2.75, 3.05) is 18.5 Å².